The lowest BCUT2D eigenvalue weighted by Gasteiger charge is -2.09. The van der Waals surface area contributed by atoms with Crippen LogP contribution < -0.4 is 5.56 Å². The van der Waals surface area contributed by atoms with Crippen molar-refractivity contribution in [2.75, 3.05) is 5.75 Å². The fraction of sp³-hybridized carbons (Fsp3) is 0.174. The number of nitrogens with zero attached hydrogens (tertiary/aromatic N) is 5. The van der Waals surface area contributed by atoms with Gasteiger partial charge in [-0.15, -0.1) is 21.5 Å². The van der Waals surface area contributed by atoms with E-state index in [9.17, 15) is 9.59 Å². The molecule has 4 heterocycles. The van der Waals surface area contributed by atoms with Gasteiger partial charge in [0.05, 0.1) is 24.3 Å². The number of thioether (sulfide) groups is 1. The van der Waals surface area contributed by atoms with Gasteiger partial charge < -0.3 is 9.15 Å². The van der Waals surface area contributed by atoms with E-state index in [1.54, 1.807) is 12.3 Å². The van der Waals surface area contributed by atoms with Crippen molar-refractivity contribution < 1.29 is 13.9 Å². The molecule has 0 radical (unpaired) electrons. The molecule has 11 heteroatoms. The summed E-state index contributed by atoms with van der Waals surface area (Å²) in [6.45, 7) is 2.29. The molecule has 0 atom stereocenters. The maximum Gasteiger partial charge on any atom is 0.316 e. The first-order valence-electron chi connectivity index (χ1n) is 10.3. The molecule has 0 unspecified atom stereocenters. The average Bonchev–Trinajstić information content (AvgIpc) is 3.58. The molecule has 5 aromatic rings. The number of carbonyl (C=O) groups is 1. The van der Waals surface area contributed by atoms with E-state index in [-0.39, 0.29) is 17.9 Å². The zero-order valence-corrected chi connectivity index (χ0v) is 19.7. The van der Waals surface area contributed by atoms with Gasteiger partial charge in [-0.25, -0.2) is 4.98 Å². The van der Waals surface area contributed by atoms with Crippen LogP contribution in [-0.4, -0.2) is 35.9 Å². The number of furan rings is 1. The summed E-state index contributed by atoms with van der Waals surface area (Å²) >= 11 is 2.59. The Kier molecular flexibility index (Phi) is 6.28. The van der Waals surface area contributed by atoms with E-state index in [0.29, 0.717) is 33.9 Å². The molecule has 9 nitrogen and oxygen atoms in total. The van der Waals surface area contributed by atoms with Gasteiger partial charge in [0.15, 0.2) is 15.9 Å². The number of esters is 1. The quantitative estimate of drug-likeness (QED) is 0.237. The highest BCUT2D eigenvalue weighted by atomic mass is 32.2. The number of benzene rings is 1. The molecule has 1 aromatic carbocycles. The van der Waals surface area contributed by atoms with Crippen molar-refractivity contribution >= 4 is 34.0 Å². The van der Waals surface area contributed by atoms with Crippen molar-refractivity contribution in [3.05, 3.63) is 87.5 Å². The zero-order valence-electron chi connectivity index (χ0n) is 18.1. The number of rotatable bonds is 8. The van der Waals surface area contributed by atoms with E-state index in [0.717, 1.165) is 11.3 Å². The number of aromatic nitrogens is 5. The summed E-state index contributed by atoms with van der Waals surface area (Å²) < 4.78 is 14.3. The van der Waals surface area contributed by atoms with Crippen LogP contribution in [0.15, 0.2) is 74.5 Å². The van der Waals surface area contributed by atoms with Gasteiger partial charge >= 0.3 is 5.97 Å². The molecule has 0 saturated carbocycles. The number of fused-ring (bicyclic) bond motifs is 1. The van der Waals surface area contributed by atoms with E-state index >= 15 is 0 Å². The Morgan fingerprint density at radius 1 is 1.18 bits per heavy atom. The van der Waals surface area contributed by atoms with Crippen molar-refractivity contribution in [2.24, 2.45) is 0 Å². The third-order valence-corrected chi connectivity index (χ3v) is 6.85. The Morgan fingerprint density at radius 2 is 2.03 bits per heavy atom. The highest BCUT2D eigenvalue weighted by Gasteiger charge is 2.18. The summed E-state index contributed by atoms with van der Waals surface area (Å²) in [7, 11) is 0. The monoisotopic (exact) mass is 493 g/mol. The molecule has 0 aliphatic heterocycles. The van der Waals surface area contributed by atoms with Crippen LogP contribution in [0.3, 0.4) is 0 Å². The summed E-state index contributed by atoms with van der Waals surface area (Å²) in [5, 5.41) is 11.0. The van der Waals surface area contributed by atoms with Crippen LogP contribution in [0.25, 0.3) is 16.5 Å². The van der Waals surface area contributed by atoms with E-state index in [4.69, 9.17) is 9.15 Å². The maximum atomic E-state index is 12.4. The van der Waals surface area contributed by atoms with Gasteiger partial charge in [0.1, 0.15) is 6.61 Å². The topological polar surface area (TPSA) is 105 Å². The molecule has 0 bridgehead atoms. The number of ether oxygens (including phenoxy) is 1. The van der Waals surface area contributed by atoms with Gasteiger partial charge in [-0.1, -0.05) is 42.1 Å². The van der Waals surface area contributed by atoms with Gasteiger partial charge in [-0.05, 0) is 24.6 Å². The van der Waals surface area contributed by atoms with Crippen LogP contribution in [0.4, 0.5) is 0 Å². The molecule has 0 spiro atoms. The molecule has 0 aliphatic rings. The highest BCUT2D eigenvalue weighted by molar-refractivity contribution is 7.99. The first kappa shape index (κ1) is 22.1. The van der Waals surface area contributed by atoms with Crippen LogP contribution in [0.2, 0.25) is 0 Å². The van der Waals surface area contributed by atoms with Crippen LogP contribution >= 0.6 is 23.1 Å². The van der Waals surface area contributed by atoms with E-state index in [2.05, 4.69) is 15.2 Å². The van der Waals surface area contributed by atoms with Crippen molar-refractivity contribution in [1.82, 2.24) is 24.1 Å². The van der Waals surface area contributed by atoms with Crippen LogP contribution in [0.5, 0.6) is 0 Å². The highest BCUT2D eigenvalue weighted by Crippen LogP contribution is 2.25. The molecule has 172 valence electrons. The van der Waals surface area contributed by atoms with Crippen molar-refractivity contribution in [3.63, 3.8) is 0 Å². The van der Waals surface area contributed by atoms with Gasteiger partial charge in [-0.3, -0.25) is 18.6 Å². The van der Waals surface area contributed by atoms with Crippen molar-refractivity contribution in [3.8, 4) is 11.6 Å². The predicted molar refractivity (Wildman–Crippen MR) is 128 cm³/mol. The molecule has 5 rings (SSSR count). The van der Waals surface area contributed by atoms with Crippen molar-refractivity contribution in [1.29, 1.82) is 0 Å². The molecule has 4 aromatic heterocycles. The number of aryl methyl sites for hydroxylation is 1. The lowest BCUT2D eigenvalue weighted by atomic mass is 10.2. The van der Waals surface area contributed by atoms with Gasteiger partial charge in [-0.2, -0.15) is 0 Å². The molecule has 0 aliphatic carbocycles. The van der Waals surface area contributed by atoms with Gasteiger partial charge in [0, 0.05) is 17.1 Å². The van der Waals surface area contributed by atoms with Crippen LogP contribution in [-0.2, 0) is 22.7 Å². The number of hydrogen-bond donors (Lipinski definition) is 0. The number of hydrogen-bond acceptors (Lipinski definition) is 9. The minimum absolute atomic E-state index is 0.0322. The van der Waals surface area contributed by atoms with Crippen LogP contribution in [0.1, 0.15) is 17.0 Å². The smallest absolute Gasteiger partial charge is 0.316 e. The lowest BCUT2D eigenvalue weighted by Crippen LogP contribution is -2.16. The predicted octanol–water partition coefficient (Wildman–Crippen LogP) is 3.80. The second-order valence-corrected chi connectivity index (χ2v) is 9.16. The summed E-state index contributed by atoms with van der Waals surface area (Å²) in [4.78, 5) is 29.7. The minimum Gasteiger partial charge on any atom is -0.461 e. The SMILES string of the molecule is Cc1csc2nc(COC(=O)CSc3nnc(-c4ccco4)n3Cc3ccccc3)cc(=O)n12. The third-order valence-electron chi connectivity index (χ3n) is 4.97. The first-order valence-corrected chi connectivity index (χ1v) is 12.2. The summed E-state index contributed by atoms with van der Waals surface area (Å²) in [6, 6.07) is 14.9. The maximum absolute atomic E-state index is 12.4. The minimum atomic E-state index is -0.442. The Morgan fingerprint density at radius 3 is 2.82 bits per heavy atom. The number of thiazole rings is 1. The van der Waals surface area contributed by atoms with Crippen LogP contribution in [0, 0.1) is 6.92 Å². The largest absolute Gasteiger partial charge is 0.461 e. The standard InChI is InChI=1S/C23H19N5O4S2/c1-15-13-33-22-24-17(10-19(29)28(15)22)12-32-20(30)14-34-23-26-25-21(18-8-5-9-31-18)27(23)11-16-6-3-2-4-7-16/h2-10,13H,11-12,14H2,1H3. The molecule has 0 fully saturated rings. The second kappa shape index (κ2) is 9.65. The van der Waals surface area contributed by atoms with E-state index < -0.39 is 5.97 Å². The molecular weight excluding hydrogens is 474 g/mol. The Balaban J connectivity index is 1.27. The summed E-state index contributed by atoms with van der Waals surface area (Å²) in [6.07, 6.45) is 1.58. The zero-order chi connectivity index (χ0) is 23.5. The van der Waals surface area contributed by atoms with Crippen molar-refractivity contribution in [2.45, 2.75) is 25.2 Å². The first-order chi connectivity index (χ1) is 16.6. The Labute approximate surface area is 202 Å². The fourth-order valence-electron chi connectivity index (χ4n) is 3.39. The second-order valence-electron chi connectivity index (χ2n) is 7.39. The fourth-order valence-corrected chi connectivity index (χ4v) is 5.01. The van der Waals surface area contributed by atoms with E-state index in [1.807, 2.05) is 53.3 Å². The molecule has 0 N–H and O–H groups in total. The average molecular weight is 494 g/mol. The molecule has 34 heavy (non-hydrogen) atoms. The normalized spacial score (nSPS) is 11.2. The van der Waals surface area contributed by atoms with Gasteiger partial charge in [0.2, 0.25) is 5.82 Å². The Hall–Kier alpha value is -3.70. The van der Waals surface area contributed by atoms with E-state index in [1.165, 1.54) is 33.6 Å². The third kappa shape index (κ3) is 4.66. The summed E-state index contributed by atoms with van der Waals surface area (Å²) in [5.74, 6) is 0.760. The Bertz CT molecular complexity index is 1490. The number of carbonyl (C=O) groups excluding carboxylic acids is 1. The summed E-state index contributed by atoms with van der Waals surface area (Å²) in [5.41, 5.74) is 2.11. The molecule has 0 amide bonds. The van der Waals surface area contributed by atoms with Gasteiger partial charge in [0.25, 0.3) is 5.56 Å². The lowest BCUT2D eigenvalue weighted by molar-refractivity contribution is -0.141. The molecule has 0 saturated heterocycles. The molecular formula is C23H19N5O4S2.